The maximum absolute atomic E-state index is 12.7. The van der Waals surface area contributed by atoms with E-state index in [9.17, 15) is 8.42 Å². The van der Waals surface area contributed by atoms with Crippen LogP contribution in [-0.2, 0) is 10.0 Å². The standard InChI is InChI=1S/C15H24N2O3S/c1-12(2)14-11-13(5-6-15(14)20-4)21(18,19)17-9-7-16(3)8-10-17/h5-6,11-12H,7-10H2,1-4H3. The van der Waals surface area contributed by atoms with E-state index in [1.54, 1.807) is 29.6 Å². The van der Waals surface area contributed by atoms with Crippen LogP contribution in [0.25, 0.3) is 0 Å². The Morgan fingerprint density at radius 3 is 2.29 bits per heavy atom. The monoisotopic (exact) mass is 312 g/mol. The molecule has 118 valence electrons. The minimum atomic E-state index is -3.42. The lowest BCUT2D eigenvalue weighted by Gasteiger charge is -2.31. The van der Waals surface area contributed by atoms with E-state index in [2.05, 4.69) is 4.90 Å². The minimum Gasteiger partial charge on any atom is -0.496 e. The molecule has 1 aliphatic rings. The van der Waals surface area contributed by atoms with Crippen LogP contribution in [0.4, 0.5) is 0 Å². The Hall–Kier alpha value is -1.11. The SMILES string of the molecule is COc1ccc(S(=O)(=O)N2CCN(C)CC2)cc1C(C)C. The average Bonchev–Trinajstić information content (AvgIpc) is 2.46. The lowest BCUT2D eigenvalue weighted by atomic mass is 10.0. The van der Waals surface area contributed by atoms with E-state index >= 15 is 0 Å². The van der Waals surface area contributed by atoms with Crippen LogP contribution in [0.1, 0.15) is 25.3 Å². The molecule has 0 bridgehead atoms. The molecule has 1 heterocycles. The second-order valence-electron chi connectivity index (χ2n) is 5.77. The predicted octanol–water partition coefficient (Wildman–Crippen LogP) is 1.75. The van der Waals surface area contributed by atoms with Gasteiger partial charge < -0.3 is 9.64 Å². The molecular formula is C15H24N2O3S. The Labute approximate surface area is 127 Å². The van der Waals surface area contributed by atoms with Crippen molar-refractivity contribution >= 4 is 10.0 Å². The zero-order valence-corrected chi connectivity index (χ0v) is 14.0. The molecule has 0 aromatic heterocycles. The molecule has 1 saturated heterocycles. The molecule has 0 unspecified atom stereocenters. The fourth-order valence-electron chi connectivity index (χ4n) is 2.50. The number of benzene rings is 1. The Bertz CT molecular complexity index is 591. The molecule has 0 aliphatic carbocycles. The topological polar surface area (TPSA) is 49.9 Å². The summed E-state index contributed by atoms with van der Waals surface area (Å²) in [6.45, 7) is 6.69. The van der Waals surface area contributed by atoms with Gasteiger partial charge in [-0.3, -0.25) is 0 Å². The summed E-state index contributed by atoms with van der Waals surface area (Å²) in [7, 11) is 0.200. The quantitative estimate of drug-likeness (QED) is 0.850. The molecule has 0 radical (unpaired) electrons. The first-order valence-corrected chi connectivity index (χ1v) is 8.67. The molecule has 1 aliphatic heterocycles. The Kier molecular flexibility index (Phi) is 4.91. The van der Waals surface area contributed by atoms with E-state index in [1.165, 1.54) is 0 Å². The Morgan fingerprint density at radius 2 is 1.76 bits per heavy atom. The highest BCUT2D eigenvalue weighted by Crippen LogP contribution is 2.30. The molecule has 1 aromatic rings. The van der Waals surface area contributed by atoms with Crippen molar-refractivity contribution in [2.75, 3.05) is 40.3 Å². The largest absolute Gasteiger partial charge is 0.496 e. The van der Waals surface area contributed by atoms with Crippen molar-refractivity contribution < 1.29 is 13.2 Å². The molecule has 0 atom stereocenters. The van der Waals surface area contributed by atoms with E-state index in [4.69, 9.17) is 4.74 Å². The highest BCUT2D eigenvalue weighted by molar-refractivity contribution is 7.89. The number of piperazine rings is 1. The summed E-state index contributed by atoms with van der Waals surface area (Å²) >= 11 is 0. The third-order valence-electron chi connectivity index (χ3n) is 3.92. The van der Waals surface area contributed by atoms with Gasteiger partial charge in [0.05, 0.1) is 12.0 Å². The van der Waals surface area contributed by atoms with E-state index in [1.807, 2.05) is 20.9 Å². The van der Waals surface area contributed by atoms with Gasteiger partial charge in [-0.2, -0.15) is 4.31 Å². The molecule has 2 rings (SSSR count). The van der Waals surface area contributed by atoms with E-state index in [-0.39, 0.29) is 5.92 Å². The zero-order valence-electron chi connectivity index (χ0n) is 13.2. The third-order valence-corrected chi connectivity index (χ3v) is 5.82. The van der Waals surface area contributed by atoms with Crippen molar-refractivity contribution in [2.45, 2.75) is 24.7 Å². The summed E-state index contributed by atoms with van der Waals surface area (Å²) in [5, 5.41) is 0. The van der Waals surface area contributed by atoms with Gasteiger partial charge in [-0.1, -0.05) is 13.8 Å². The molecule has 0 saturated carbocycles. The van der Waals surface area contributed by atoms with Crippen molar-refractivity contribution in [1.82, 2.24) is 9.21 Å². The van der Waals surface area contributed by atoms with E-state index in [0.29, 0.717) is 18.0 Å². The summed E-state index contributed by atoms with van der Waals surface area (Å²) in [4.78, 5) is 2.50. The zero-order chi connectivity index (χ0) is 15.6. The van der Waals surface area contributed by atoms with Gasteiger partial charge in [0.2, 0.25) is 10.0 Å². The molecule has 1 aromatic carbocycles. The first-order valence-electron chi connectivity index (χ1n) is 7.23. The molecule has 0 amide bonds. The number of hydrogen-bond donors (Lipinski definition) is 0. The van der Waals surface area contributed by atoms with Gasteiger partial charge in [0, 0.05) is 26.2 Å². The lowest BCUT2D eigenvalue weighted by molar-refractivity contribution is 0.222. The fourth-order valence-corrected chi connectivity index (χ4v) is 3.96. The van der Waals surface area contributed by atoms with Crippen LogP contribution in [0.15, 0.2) is 23.1 Å². The van der Waals surface area contributed by atoms with Gasteiger partial charge in [0.1, 0.15) is 5.75 Å². The first kappa shape index (κ1) is 16.3. The smallest absolute Gasteiger partial charge is 0.243 e. The van der Waals surface area contributed by atoms with Crippen LogP contribution in [0.5, 0.6) is 5.75 Å². The van der Waals surface area contributed by atoms with Crippen LogP contribution in [0.2, 0.25) is 0 Å². The summed E-state index contributed by atoms with van der Waals surface area (Å²) in [5.41, 5.74) is 0.924. The second kappa shape index (κ2) is 6.34. The van der Waals surface area contributed by atoms with Crippen molar-refractivity contribution in [2.24, 2.45) is 0 Å². The number of nitrogens with zero attached hydrogens (tertiary/aromatic N) is 2. The maximum atomic E-state index is 12.7. The van der Waals surface area contributed by atoms with Crippen molar-refractivity contribution in [3.8, 4) is 5.75 Å². The molecule has 5 nitrogen and oxygen atoms in total. The number of methoxy groups -OCH3 is 1. The summed E-state index contributed by atoms with van der Waals surface area (Å²) in [5.74, 6) is 0.949. The van der Waals surface area contributed by atoms with Crippen molar-refractivity contribution in [3.63, 3.8) is 0 Å². The number of likely N-dealkylation sites (N-methyl/N-ethyl adjacent to an activating group) is 1. The van der Waals surface area contributed by atoms with Crippen molar-refractivity contribution in [1.29, 1.82) is 0 Å². The number of hydrogen-bond acceptors (Lipinski definition) is 4. The highest BCUT2D eigenvalue weighted by Gasteiger charge is 2.28. The summed E-state index contributed by atoms with van der Waals surface area (Å²) in [6.07, 6.45) is 0. The molecule has 1 fully saturated rings. The minimum absolute atomic E-state index is 0.211. The summed E-state index contributed by atoms with van der Waals surface area (Å²) in [6, 6.07) is 5.13. The van der Waals surface area contributed by atoms with Gasteiger partial charge in [0.15, 0.2) is 0 Å². The van der Waals surface area contributed by atoms with Gasteiger partial charge in [0.25, 0.3) is 0 Å². The number of sulfonamides is 1. The van der Waals surface area contributed by atoms with Gasteiger partial charge in [-0.25, -0.2) is 8.42 Å². The van der Waals surface area contributed by atoms with Gasteiger partial charge >= 0.3 is 0 Å². The Balaban J connectivity index is 2.34. The maximum Gasteiger partial charge on any atom is 0.243 e. The number of ether oxygens (including phenoxy) is 1. The first-order chi connectivity index (χ1) is 9.86. The van der Waals surface area contributed by atoms with Crippen LogP contribution in [-0.4, -0.2) is 58.0 Å². The predicted molar refractivity (Wildman–Crippen MR) is 83.3 cm³/mol. The van der Waals surface area contributed by atoms with E-state index < -0.39 is 10.0 Å². The molecular weight excluding hydrogens is 288 g/mol. The van der Waals surface area contributed by atoms with Crippen LogP contribution < -0.4 is 4.74 Å². The molecule has 21 heavy (non-hydrogen) atoms. The normalized spacial score (nSPS) is 18.1. The van der Waals surface area contributed by atoms with Crippen molar-refractivity contribution in [3.05, 3.63) is 23.8 Å². The second-order valence-corrected chi connectivity index (χ2v) is 7.70. The van der Waals surface area contributed by atoms with E-state index in [0.717, 1.165) is 24.4 Å². The average molecular weight is 312 g/mol. The highest BCUT2D eigenvalue weighted by atomic mass is 32.2. The number of rotatable bonds is 4. The van der Waals surface area contributed by atoms with Crippen LogP contribution in [0, 0.1) is 0 Å². The van der Waals surface area contributed by atoms with Crippen LogP contribution in [0.3, 0.4) is 0 Å². The van der Waals surface area contributed by atoms with Gasteiger partial charge in [-0.15, -0.1) is 0 Å². The Morgan fingerprint density at radius 1 is 1.14 bits per heavy atom. The summed E-state index contributed by atoms with van der Waals surface area (Å²) < 4.78 is 32.4. The fraction of sp³-hybridized carbons (Fsp3) is 0.600. The molecule has 6 heteroatoms. The lowest BCUT2D eigenvalue weighted by Crippen LogP contribution is -2.47. The van der Waals surface area contributed by atoms with Gasteiger partial charge in [-0.05, 0) is 36.7 Å². The molecule has 0 spiro atoms. The third kappa shape index (κ3) is 3.39. The van der Waals surface area contributed by atoms with Crippen LogP contribution >= 0.6 is 0 Å². The molecule has 0 N–H and O–H groups in total.